The number of nitrogens with zero attached hydrogens (tertiary/aromatic N) is 2. The molecule has 0 spiro atoms. The summed E-state index contributed by atoms with van der Waals surface area (Å²) in [5.74, 6) is 2.49. The summed E-state index contributed by atoms with van der Waals surface area (Å²) in [6, 6.07) is 11.8. The number of piperidine rings is 3. The molecule has 3 saturated heterocycles. The molecule has 1 N–H and O–H groups in total. The number of fused-ring (bicyclic) bond motifs is 4. The van der Waals surface area contributed by atoms with Crippen molar-refractivity contribution in [2.24, 2.45) is 11.8 Å². The Labute approximate surface area is 259 Å². The lowest BCUT2D eigenvalue weighted by Gasteiger charge is -2.52. The van der Waals surface area contributed by atoms with Gasteiger partial charge in [-0.1, -0.05) is 67.0 Å². The van der Waals surface area contributed by atoms with Crippen molar-refractivity contribution >= 4 is 20.9 Å². The van der Waals surface area contributed by atoms with E-state index in [0.29, 0.717) is 22.6 Å². The maximum absolute atomic E-state index is 14.9. The molecule has 2 bridgehead atoms. The Kier molecular flexibility index (Phi) is 9.55. The van der Waals surface area contributed by atoms with Gasteiger partial charge in [0.25, 0.3) is 0 Å². The van der Waals surface area contributed by atoms with E-state index in [4.69, 9.17) is 4.74 Å². The van der Waals surface area contributed by atoms with E-state index in [9.17, 15) is 8.42 Å². The molecule has 6 rings (SSSR count). The third-order valence-corrected chi connectivity index (χ3v) is 11.5. The average molecular weight is 606 g/mol. The third kappa shape index (κ3) is 6.36. The summed E-state index contributed by atoms with van der Waals surface area (Å²) in [5.41, 5.74) is 4.79. The van der Waals surface area contributed by atoms with E-state index in [2.05, 4.69) is 75.2 Å². The van der Waals surface area contributed by atoms with Gasteiger partial charge in [0.05, 0.1) is 23.6 Å². The van der Waals surface area contributed by atoms with Gasteiger partial charge >= 0.3 is 0 Å². The van der Waals surface area contributed by atoms with E-state index >= 15 is 0 Å². The van der Waals surface area contributed by atoms with Crippen molar-refractivity contribution in [2.75, 3.05) is 20.2 Å². The number of pyridine rings is 1. The van der Waals surface area contributed by atoms with Crippen LogP contribution in [-0.2, 0) is 10.0 Å². The highest BCUT2D eigenvalue weighted by Gasteiger charge is 2.45. The lowest BCUT2D eigenvalue weighted by atomic mass is 9.71. The molecule has 4 heterocycles. The van der Waals surface area contributed by atoms with Crippen molar-refractivity contribution in [1.29, 1.82) is 0 Å². The highest BCUT2D eigenvalue weighted by Crippen LogP contribution is 2.44. The van der Waals surface area contributed by atoms with Crippen LogP contribution in [0, 0.1) is 11.8 Å². The average Bonchev–Trinajstić information content (AvgIpc) is 2.99. The predicted molar refractivity (Wildman–Crippen MR) is 177 cm³/mol. The van der Waals surface area contributed by atoms with Gasteiger partial charge in [0.2, 0.25) is 10.0 Å². The topological polar surface area (TPSA) is 71.5 Å². The highest BCUT2D eigenvalue weighted by atomic mass is 32.2. The SMILES string of the molecule is CCCC1CN2CCC1CC2C(NS(=O)(=O)c1c(C(C)C)cc(C(C)C)cc1C(C)C)c1ccnc2ccc(OC)cc12. The molecule has 3 aromatic rings. The minimum absolute atomic E-state index is 0.0662. The number of ether oxygens (including phenoxy) is 1. The summed E-state index contributed by atoms with van der Waals surface area (Å²) >= 11 is 0. The molecular formula is C36H51N3O3S. The van der Waals surface area contributed by atoms with Crippen LogP contribution in [0.1, 0.15) is 120 Å². The molecule has 234 valence electrons. The van der Waals surface area contributed by atoms with Crippen LogP contribution in [0.5, 0.6) is 5.75 Å². The first-order valence-electron chi connectivity index (χ1n) is 16.3. The zero-order valence-electron chi connectivity index (χ0n) is 27.4. The summed E-state index contributed by atoms with van der Waals surface area (Å²) < 4.78 is 38.7. The molecule has 6 nitrogen and oxygen atoms in total. The minimum Gasteiger partial charge on any atom is -0.497 e. The summed E-state index contributed by atoms with van der Waals surface area (Å²) in [6.07, 6.45) is 6.42. The number of hydrogen-bond acceptors (Lipinski definition) is 5. The normalized spacial score (nSPS) is 23.0. The maximum Gasteiger partial charge on any atom is 0.241 e. The van der Waals surface area contributed by atoms with Crippen molar-refractivity contribution in [1.82, 2.24) is 14.6 Å². The standard InChI is InChI=1S/C36H51N3O3S/c1-9-10-26-21-39-16-14-25(26)19-34(39)35(29-13-15-37-33-12-11-28(42-8)20-32(29)33)38-43(40,41)36-30(23(4)5)17-27(22(2)3)18-31(36)24(6)7/h11-13,15,17-18,20,22-26,34-35,38H,9-10,14,16,19,21H2,1-8H3. The second kappa shape index (κ2) is 12.9. The number of nitrogens with one attached hydrogen (secondary N) is 1. The molecule has 0 amide bonds. The van der Waals surface area contributed by atoms with Crippen LogP contribution in [0.4, 0.5) is 0 Å². The number of aromatic nitrogens is 1. The zero-order valence-corrected chi connectivity index (χ0v) is 28.2. The van der Waals surface area contributed by atoms with Gasteiger partial charge in [0, 0.05) is 24.2 Å². The van der Waals surface area contributed by atoms with Crippen LogP contribution >= 0.6 is 0 Å². The molecule has 7 heteroatoms. The minimum atomic E-state index is -3.90. The predicted octanol–water partition coefficient (Wildman–Crippen LogP) is 8.14. The van der Waals surface area contributed by atoms with E-state index in [1.807, 2.05) is 30.5 Å². The lowest BCUT2D eigenvalue weighted by molar-refractivity contribution is -0.0147. The summed E-state index contributed by atoms with van der Waals surface area (Å²) in [5, 5.41) is 0.936. The van der Waals surface area contributed by atoms with Crippen LogP contribution in [0.25, 0.3) is 10.9 Å². The Morgan fingerprint density at radius 2 is 1.67 bits per heavy atom. The molecule has 43 heavy (non-hydrogen) atoms. The third-order valence-electron chi connectivity index (χ3n) is 9.93. The van der Waals surface area contributed by atoms with E-state index in [0.717, 1.165) is 52.9 Å². The van der Waals surface area contributed by atoms with Crippen LogP contribution in [-0.4, -0.2) is 44.5 Å². The Morgan fingerprint density at radius 3 is 2.23 bits per heavy atom. The summed E-state index contributed by atoms with van der Waals surface area (Å²) in [4.78, 5) is 7.66. The maximum atomic E-state index is 14.9. The Balaban J connectivity index is 1.67. The van der Waals surface area contributed by atoms with Gasteiger partial charge in [0.1, 0.15) is 5.75 Å². The van der Waals surface area contributed by atoms with Gasteiger partial charge in [-0.2, -0.15) is 0 Å². The molecular weight excluding hydrogens is 554 g/mol. The van der Waals surface area contributed by atoms with Crippen LogP contribution in [0.3, 0.4) is 0 Å². The summed E-state index contributed by atoms with van der Waals surface area (Å²) in [6.45, 7) is 17.1. The largest absolute Gasteiger partial charge is 0.497 e. The molecule has 3 fully saturated rings. The van der Waals surface area contributed by atoms with Gasteiger partial charge in [-0.05, 0) is 102 Å². The first kappa shape index (κ1) is 31.9. The first-order chi connectivity index (χ1) is 20.4. The van der Waals surface area contributed by atoms with E-state index in [1.165, 1.54) is 24.8 Å². The van der Waals surface area contributed by atoms with Crippen molar-refractivity contribution in [3.05, 3.63) is 64.8 Å². The zero-order chi connectivity index (χ0) is 31.1. The molecule has 0 saturated carbocycles. The van der Waals surface area contributed by atoms with Crippen LogP contribution < -0.4 is 9.46 Å². The molecule has 2 aromatic carbocycles. The number of sulfonamides is 1. The van der Waals surface area contributed by atoms with Crippen LogP contribution in [0.2, 0.25) is 0 Å². The molecule has 3 aliphatic heterocycles. The number of benzene rings is 2. The van der Waals surface area contributed by atoms with Crippen molar-refractivity contribution in [3.63, 3.8) is 0 Å². The molecule has 5 unspecified atom stereocenters. The van der Waals surface area contributed by atoms with Crippen LogP contribution in [0.15, 0.2) is 47.5 Å². The number of rotatable bonds is 11. The van der Waals surface area contributed by atoms with Crippen molar-refractivity contribution < 1.29 is 13.2 Å². The smallest absolute Gasteiger partial charge is 0.241 e. The Hall–Kier alpha value is -2.48. The fourth-order valence-corrected chi connectivity index (χ4v) is 9.49. The van der Waals surface area contributed by atoms with Gasteiger partial charge in [-0.25, -0.2) is 13.1 Å². The van der Waals surface area contributed by atoms with Gasteiger partial charge < -0.3 is 4.74 Å². The Morgan fingerprint density at radius 1 is 0.977 bits per heavy atom. The molecule has 0 aliphatic carbocycles. The highest BCUT2D eigenvalue weighted by molar-refractivity contribution is 7.89. The second-order valence-corrected chi connectivity index (χ2v) is 15.4. The van der Waals surface area contributed by atoms with Gasteiger partial charge in [0.15, 0.2) is 0 Å². The first-order valence-corrected chi connectivity index (χ1v) is 17.8. The van der Waals surface area contributed by atoms with Gasteiger partial charge in [-0.15, -0.1) is 0 Å². The summed E-state index contributed by atoms with van der Waals surface area (Å²) in [7, 11) is -2.24. The number of hydrogen-bond donors (Lipinski definition) is 1. The van der Waals surface area contributed by atoms with E-state index < -0.39 is 16.1 Å². The second-order valence-electron chi connectivity index (χ2n) is 13.8. The van der Waals surface area contributed by atoms with E-state index in [1.54, 1.807) is 7.11 Å². The monoisotopic (exact) mass is 605 g/mol. The molecule has 0 radical (unpaired) electrons. The number of methoxy groups -OCH3 is 1. The Bertz CT molecular complexity index is 1520. The fraction of sp³-hybridized carbons (Fsp3) is 0.583. The fourth-order valence-electron chi connectivity index (χ4n) is 7.54. The molecule has 3 aliphatic rings. The van der Waals surface area contributed by atoms with Crippen molar-refractivity contribution in [2.45, 2.75) is 109 Å². The quantitative estimate of drug-likeness (QED) is 0.239. The molecule has 5 atom stereocenters. The van der Waals surface area contributed by atoms with E-state index in [-0.39, 0.29) is 17.9 Å². The van der Waals surface area contributed by atoms with Crippen molar-refractivity contribution in [3.8, 4) is 5.75 Å². The van der Waals surface area contributed by atoms with Gasteiger partial charge in [-0.3, -0.25) is 9.88 Å². The molecule has 1 aromatic heterocycles. The lowest BCUT2D eigenvalue weighted by Crippen LogP contribution is -2.57.